The van der Waals surface area contributed by atoms with E-state index < -0.39 is 0 Å². The molecule has 1 amide bonds. The highest BCUT2D eigenvalue weighted by Gasteiger charge is 2.33. The summed E-state index contributed by atoms with van der Waals surface area (Å²) in [6, 6.07) is 15.6. The van der Waals surface area contributed by atoms with E-state index in [2.05, 4.69) is 10.3 Å². The molecule has 1 fully saturated rings. The Bertz CT molecular complexity index is 975. The van der Waals surface area contributed by atoms with Crippen LogP contribution in [0.1, 0.15) is 38.6 Å². The normalized spacial score (nSPS) is 16.2. The van der Waals surface area contributed by atoms with Crippen LogP contribution < -0.4 is 5.32 Å². The summed E-state index contributed by atoms with van der Waals surface area (Å²) in [6.07, 6.45) is 5.38. The fourth-order valence-electron chi connectivity index (χ4n) is 3.64. The highest BCUT2D eigenvalue weighted by molar-refractivity contribution is 5.79. The zero-order valence-corrected chi connectivity index (χ0v) is 16.7. The van der Waals surface area contributed by atoms with Crippen molar-refractivity contribution >= 4 is 17.4 Å². The Morgan fingerprint density at radius 3 is 2.69 bits per heavy atom. The van der Waals surface area contributed by atoms with E-state index in [1.807, 2.05) is 67.3 Å². The second-order valence-corrected chi connectivity index (χ2v) is 7.57. The van der Waals surface area contributed by atoms with E-state index in [0.29, 0.717) is 11.6 Å². The van der Waals surface area contributed by atoms with Crippen molar-refractivity contribution in [2.45, 2.75) is 32.7 Å². The third kappa shape index (κ3) is 4.26. The van der Waals surface area contributed by atoms with Gasteiger partial charge in [-0.25, -0.2) is 9.97 Å². The number of hydrogen-bond acceptors (Lipinski definition) is 5. The lowest BCUT2D eigenvalue weighted by molar-refractivity contribution is -0.135. The quantitative estimate of drug-likeness (QED) is 0.693. The molecule has 3 aromatic rings. The molecular weight excluding hydrogens is 362 g/mol. The van der Waals surface area contributed by atoms with E-state index in [4.69, 9.17) is 9.97 Å². The van der Waals surface area contributed by atoms with Gasteiger partial charge in [-0.1, -0.05) is 32.0 Å². The van der Waals surface area contributed by atoms with Crippen LogP contribution in [0.5, 0.6) is 0 Å². The van der Waals surface area contributed by atoms with Crippen molar-refractivity contribution in [2.75, 3.05) is 11.9 Å². The maximum Gasteiger partial charge on any atom is 0.225 e. The Balaban J connectivity index is 1.74. The Morgan fingerprint density at radius 1 is 1.14 bits per heavy atom. The molecule has 6 nitrogen and oxygen atoms in total. The molecule has 2 aromatic heterocycles. The Morgan fingerprint density at radius 2 is 1.97 bits per heavy atom. The summed E-state index contributed by atoms with van der Waals surface area (Å²) in [6.45, 7) is 4.63. The van der Waals surface area contributed by atoms with Gasteiger partial charge < -0.3 is 10.2 Å². The second kappa shape index (κ2) is 8.39. The predicted molar refractivity (Wildman–Crippen MR) is 114 cm³/mol. The fourth-order valence-corrected chi connectivity index (χ4v) is 3.64. The summed E-state index contributed by atoms with van der Waals surface area (Å²) in [5.41, 5.74) is 2.67. The van der Waals surface area contributed by atoms with Gasteiger partial charge in [0.2, 0.25) is 5.91 Å². The van der Waals surface area contributed by atoms with Gasteiger partial charge in [0.05, 0.1) is 11.7 Å². The first-order chi connectivity index (χ1) is 14.1. The van der Waals surface area contributed by atoms with Crippen LogP contribution in [0.3, 0.4) is 0 Å². The smallest absolute Gasteiger partial charge is 0.225 e. The van der Waals surface area contributed by atoms with Crippen molar-refractivity contribution in [3.8, 4) is 11.3 Å². The van der Waals surface area contributed by atoms with Crippen molar-refractivity contribution in [2.24, 2.45) is 5.92 Å². The third-order valence-corrected chi connectivity index (χ3v) is 5.07. The van der Waals surface area contributed by atoms with E-state index in [1.165, 1.54) is 0 Å². The van der Waals surface area contributed by atoms with E-state index in [1.54, 1.807) is 12.4 Å². The summed E-state index contributed by atoms with van der Waals surface area (Å²) in [7, 11) is 0. The maximum atomic E-state index is 12.7. The molecule has 1 aromatic carbocycles. The number of anilines is 2. The number of likely N-dealkylation sites (tertiary alicyclic amines) is 1. The SMILES string of the molecule is CC(C)C(=O)N1CCC[C@@H]1c1nc(Nc2ccccc2)cc(-c2cccnc2)n1. The molecule has 0 aliphatic carbocycles. The third-order valence-electron chi connectivity index (χ3n) is 5.07. The number of pyridine rings is 1. The molecule has 148 valence electrons. The number of para-hydroxylation sites is 1. The monoisotopic (exact) mass is 387 g/mol. The lowest BCUT2D eigenvalue weighted by Gasteiger charge is -2.26. The van der Waals surface area contributed by atoms with Crippen molar-refractivity contribution in [3.05, 3.63) is 66.7 Å². The van der Waals surface area contributed by atoms with Crippen molar-refractivity contribution < 1.29 is 4.79 Å². The minimum Gasteiger partial charge on any atom is -0.340 e. The average Bonchev–Trinajstić information content (AvgIpc) is 3.24. The first-order valence-corrected chi connectivity index (χ1v) is 10.0. The summed E-state index contributed by atoms with van der Waals surface area (Å²) < 4.78 is 0. The maximum absolute atomic E-state index is 12.7. The van der Waals surface area contributed by atoms with Crippen LogP contribution in [0.15, 0.2) is 60.9 Å². The van der Waals surface area contributed by atoms with Crippen molar-refractivity contribution in [3.63, 3.8) is 0 Å². The minimum atomic E-state index is -0.0992. The first kappa shape index (κ1) is 19.1. The molecule has 6 heteroatoms. The number of carbonyl (C=O) groups is 1. The number of aromatic nitrogens is 3. The van der Waals surface area contributed by atoms with E-state index in [9.17, 15) is 4.79 Å². The lowest BCUT2D eigenvalue weighted by atomic mass is 10.1. The van der Waals surface area contributed by atoms with E-state index >= 15 is 0 Å². The number of amides is 1. The number of nitrogens with zero attached hydrogens (tertiary/aromatic N) is 4. The highest BCUT2D eigenvalue weighted by atomic mass is 16.2. The summed E-state index contributed by atoms with van der Waals surface area (Å²) in [5.74, 6) is 1.50. The van der Waals surface area contributed by atoms with Crippen molar-refractivity contribution in [1.29, 1.82) is 0 Å². The van der Waals surface area contributed by atoms with E-state index in [-0.39, 0.29) is 17.9 Å². The molecule has 1 saturated heterocycles. The van der Waals surface area contributed by atoms with Gasteiger partial charge >= 0.3 is 0 Å². The van der Waals surface area contributed by atoms with Gasteiger partial charge in [0.1, 0.15) is 5.82 Å². The topological polar surface area (TPSA) is 71.0 Å². The first-order valence-electron chi connectivity index (χ1n) is 10.0. The highest BCUT2D eigenvalue weighted by Crippen LogP contribution is 2.33. The number of benzene rings is 1. The van der Waals surface area contributed by atoms with Gasteiger partial charge in [-0.2, -0.15) is 0 Å². The molecule has 1 N–H and O–H groups in total. The molecule has 0 bridgehead atoms. The van der Waals surface area contributed by atoms with Crippen LogP contribution in [0.4, 0.5) is 11.5 Å². The molecule has 1 aliphatic heterocycles. The Labute approximate surface area is 171 Å². The molecule has 29 heavy (non-hydrogen) atoms. The minimum absolute atomic E-state index is 0.0426. The van der Waals surface area contributed by atoms with E-state index in [0.717, 1.165) is 36.3 Å². The molecule has 3 heterocycles. The van der Waals surface area contributed by atoms with Crippen LogP contribution in [-0.4, -0.2) is 32.3 Å². The molecule has 0 radical (unpaired) electrons. The zero-order valence-electron chi connectivity index (χ0n) is 16.7. The van der Waals surface area contributed by atoms with Gasteiger partial charge in [0.15, 0.2) is 5.82 Å². The summed E-state index contributed by atoms with van der Waals surface area (Å²) in [5, 5.41) is 3.37. The van der Waals surface area contributed by atoms with Crippen LogP contribution in [0.25, 0.3) is 11.3 Å². The molecule has 4 rings (SSSR count). The second-order valence-electron chi connectivity index (χ2n) is 7.57. The van der Waals surface area contributed by atoms with Crippen LogP contribution >= 0.6 is 0 Å². The molecule has 1 atom stereocenters. The molecular formula is C23H25N5O. The van der Waals surface area contributed by atoms with Crippen LogP contribution in [-0.2, 0) is 4.79 Å². The largest absolute Gasteiger partial charge is 0.340 e. The van der Waals surface area contributed by atoms with Gasteiger partial charge in [0, 0.05) is 42.2 Å². The Kier molecular flexibility index (Phi) is 5.51. The van der Waals surface area contributed by atoms with Gasteiger partial charge in [-0.3, -0.25) is 9.78 Å². The molecule has 0 spiro atoms. The van der Waals surface area contributed by atoms with Crippen molar-refractivity contribution in [1.82, 2.24) is 19.9 Å². The van der Waals surface area contributed by atoms with Gasteiger partial charge in [-0.05, 0) is 37.1 Å². The average molecular weight is 387 g/mol. The van der Waals surface area contributed by atoms with Gasteiger partial charge in [0.25, 0.3) is 0 Å². The number of hydrogen-bond donors (Lipinski definition) is 1. The predicted octanol–water partition coefficient (Wildman–Crippen LogP) is 4.60. The molecule has 1 aliphatic rings. The van der Waals surface area contributed by atoms with Crippen LogP contribution in [0.2, 0.25) is 0 Å². The summed E-state index contributed by atoms with van der Waals surface area (Å²) >= 11 is 0. The molecule has 0 unspecified atom stereocenters. The zero-order chi connectivity index (χ0) is 20.2. The molecule has 0 saturated carbocycles. The standard InChI is InChI=1S/C23H25N5O/c1-16(2)23(29)28-13-7-11-20(28)22-26-19(17-8-6-12-24-15-17)14-21(27-22)25-18-9-4-3-5-10-18/h3-6,8-10,12,14-16,20H,7,11,13H2,1-2H3,(H,25,26,27)/t20-/m1/s1. The fraction of sp³-hybridized carbons (Fsp3) is 0.304. The lowest BCUT2D eigenvalue weighted by Crippen LogP contribution is -2.34. The van der Waals surface area contributed by atoms with Gasteiger partial charge in [-0.15, -0.1) is 0 Å². The number of rotatable bonds is 5. The van der Waals surface area contributed by atoms with Crippen LogP contribution in [0, 0.1) is 5.92 Å². The number of carbonyl (C=O) groups excluding carboxylic acids is 1. The number of nitrogens with one attached hydrogen (secondary N) is 1. The Hall–Kier alpha value is -3.28. The summed E-state index contributed by atoms with van der Waals surface area (Å²) in [4.78, 5) is 28.5.